The molecule has 256 valence electrons. The molecular formula is C52H38N2. The summed E-state index contributed by atoms with van der Waals surface area (Å²) < 4.78 is 0. The summed E-state index contributed by atoms with van der Waals surface area (Å²) in [6, 6.07) is 61.6. The number of allylic oxidation sites excluding steroid dienone is 2. The highest BCUT2D eigenvalue weighted by molar-refractivity contribution is 6.22. The second-order valence-corrected chi connectivity index (χ2v) is 13.1. The van der Waals surface area contributed by atoms with Gasteiger partial charge in [0.25, 0.3) is 0 Å². The minimum atomic E-state index is 1.16. The Bertz CT molecular complexity index is 2490. The summed E-state index contributed by atoms with van der Waals surface area (Å²) in [5, 5.41) is 4.92. The van der Waals surface area contributed by atoms with E-state index in [1.54, 1.807) is 12.2 Å². The van der Waals surface area contributed by atoms with E-state index in [1.807, 2.05) is 24.8 Å². The van der Waals surface area contributed by atoms with Gasteiger partial charge in [-0.15, -0.1) is 0 Å². The van der Waals surface area contributed by atoms with E-state index in [1.165, 1.54) is 77.2 Å². The molecule has 2 heteroatoms. The van der Waals surface area contributed by atoms with Crippen molar-refractivity contribution in [3.63, 3.8) is 0 Å². The maximum Gasteiger partial charge on any atom is 0.0273 e. The highest BCUT2D eigenvalue weighted by atomic mass is 14.6. The topological polar surface area (TPSA) is 25.8 Å². The normalized spacial score (nSPS) is 10.7. The molecule has 2 nitrogen and oxygen atoms in total. The van der Waals surface area contributed by atoms with Crippen LogP contribution in [-0.2, 0) is 0 Å². The number of hydrogen-bond acceptors (Lipinski definition) is 2. The number of benzene rings is 7. The lowest BCUT2D eigenvalue weighted by Crippen LogP contribution is -1.93. The van der Waals surface area contributed by atoms with Crippen molar-refractivity contribution in [3.8, 4) is 66.8 Å². The van der Waals surface area contributed by atoms with E-state index in [9.17, 15) is 0 Å². The van der Waals surface area contributed by atoms with Gasteiger partial charge >= 0.3 is 0 Å². The molecule has 0 fully saturated rings. The smallest absolute Gasteiger partial charge is 0.0273 e. The first-order valence-electron chi connectivity index (χ1n) is 18.1. The van der Waals surface area contributed by atoms with Crippen LogP contribution in [0.4, 0.5) is 0 Å². The molecule has 0 aliphatic heterocycles. The average molecular weight is 691 g/mol. The third kappa shape index (κ3) is 6.89. The van der Waals surface area contributed by atoms with Crippen LogP contribution in [0.25, 0.3) is 88.3 Å². The highest BCUT2D eigenvalue weighted by Crippen LogP contribution is 2.46. The molecule has 2 aromatic heterocycles. The van der Waals surface area contributed by atoms with Crippen molar-refractivity contribution < 1.29 is 0 Å². The van der Waals surface area contributed by atoms with Crippen LogP contribution in [0.5, 0.6) is 0 Å². The van der Waals surface area contributed by atoms with Gasteiger partial charge < -0.3 is 0 Å². The maximum atomic E-state index is 4.22. The first-order chi connectivity index (χ1) is 26.7. The van der Waals surface area contributed by atoms with E-state index < -0.39 is 0 Å². The van der Waals surface area contributed by atoms with Crippen molar-refractivity contribution in [2.45, 2.75) is 0 Å². The van der Waals surface area contributed by atoms with Gasteiger partial charge in [-0.2, -0.15) is 0 Å². The summed E-state index contributed by atoms with van der Waals surface area (Å²) in [5.41, 5.74) is 14.3. The van der Waals surface area contributed by atoms with Crippen LogP contribution in [0, 0.1) is 0 Å². The summed E-state index contributed by atoms with van der Waals surface area (Å²) in [6.45, 7) is 6.72. The van der Waals surface area contributed by atoms with Crippen LogP contribution >= 0.6 is 0 Å². The summed E-state index contributed by atoms with van der Waals surface area (Å²) in [6.07, 6.45) is 10.7. The van der Waals surface area contributed by atoms with Crippen LogP contribution in [0.2, 0.25) is 0 Å². The Morgan fingerprint density at radius 1 is 0.278 bits per heavy atom. The fraction of sp³-hybridized carbons (Fsp3) is 0. The lowest BCUT2D eigenvalue weighted by molar-refractivity contribution is 1.33. The SMILES string of the molecule is C=CC=C.c1ccc(-c2ccc3c(-c4ccc(-c5ccncc5)cc4)c4cc(-c5ccccc5)ccc4c(-c4ccc(-c5ccncc5)cc4)c3c2)cc1. The number of fused-ring (bicyclic) bond motifs is 2. The molecule has 0 saturated heterocycles. The summed E-state index contributed by atoms with van der Waals surface area (Å²) in [5.74, 6) is 0. The zero-order valence-corrected chi connectivity index (χ0v) is 29.9. The number of hydrogen-bond donors (Lipinski definition) is 0. The van der Waals surface area contributed by atoms with Gasteiger partial charge in [-0.05, 0) is 125 Å². The van der Waals surface area contributed by atoms with Crippen LogP contribution < -0.4 is 0 Å². The minimum Gasteiger partial charge on any atom is -0.265 e. The number of rotatable bonds is 7. The maximum absolute atomic E-state index is 4.22. The summed E-state index contributed by atoms with van der Waals surface area (Å²) >= 11 is 0. The van der Waals surface area contributed by atoms with Gasteiger partial charge in [0, 0.05) is 24.8 Å². The number of aromatic nitrogens is 2. The monoisotopic (exact) mass is 690 g/mol. The number of nitrogens with zero attached hydrogens (tertiary/aromatic N) is 2. The molecular weight excluding hydrogens is 653 g/mol. The quantitative estimate of drug-likeness (QED) is 0.123. The van der Waals surface area contributed by atoms with Gasteiger partial charge in [0.2, 0.25) is 0 Å². The van der Waals surface area contributed by atoms with Crippen LogP contribution in [0.1, 0.15) is 0 Å². The van der Waals surface area contributed by atoms with Gasteiger partial charge in [0.15, 0.2) is 0 Å². The second-order valence-electron chi connectivity index (χ2n) is 13.1. The first-order valence-corrected chi connectivity index (χ1v) is 18.1. The van der Waals surface area contributed by atoms with Gasteiger partial charge in [-0.25, -0.2) is 0 Å². The van der Waals surface area contributed by atoms with Crippen molar-refractivity contribution >= 4 is 21.5 Å². The zero-order valence-electron chi connectivity index (χ0n) is 29.9. The second kappa shape index (κ2) is 15.6. The van der Waals surface area contributed by atoms with E-state index in [4.69, 9.17) is 0 Å². The molecule has 0 atom stereocenters. The average Bonchev–Trinajstić information content (AvgIpc) is 3.26. The molecule has 0 amide bonds. The van der Waals surface area contributed by atoms with Gasteiger partial charge in [-0.3, -0.25) is 9.97 Å². The molecule has 9 aromatic rings. The van der Waals surface area contributed by atoms with Crippen molar-refractivity contribution in [3.05, 3.63) is 220 Å². The molecule has 0 aliphatic carbocycles. The predicted octanol–water partition coefficient (Wildman–Crippen LogP) is 14.1. The van der Waals surface area contributed by atoms with Gasteiger partial charge in [0.05, 0.1) is 0 Å². The van der Waals surface area contributed by atoms with Crippen molar-refractivity contribution in [1.82, 2.24) is 9.97 Å². The van der Waals surface area contributed by atoms with Crippen molar-refractivity contribution in [2.24, 2.45) is 0 Å². The molecule has 9 rings (SSSR count). The van der Waals surface area contributed by atoms with Crippen LogP contribution in [0.3, 0.4) is 0 Å². The third-order valence-corrected chi connectivity index (χ3v) is 9.87. The Labute approximate surface area is 317 Å². The highest BCUT2D eigenvalue weighted by Gasteiger charge is 2.19. The fourth-order valence-corrected chi connectivity index (χ4v) is 7.22. The predicted molar refractivity (Wildman–Crippen MR) is 230 cm³/mol. The van der Waals surface area contributed by atoms with E-state index >= 15 is 0 Å². The van der Waals surface area contributed by atoms with Crippen molar-refractivity contribution in [2.75, 3.05) is 0 Å². The molecule has 2 heterocycles. The summed E-state index contributed by atoms with van der Waals surface area (Å²) in [4.78, 5) is 8.43. The Kier molecular flexibility index (Phi) is 9.82. The van der Waals surface area contributed by atoms with Crippen molar-refractivity contribution in [1.29, 1.82) is 0 Å². The molecule has 0 saturated carbocycles. The van der Waals surface area contributed by atoms with Gasteiger partial charge in [-0.1, -0.05) is 159 Å². The number of pyridine rings is 2. The Balaban J connectivity index is 0.000000987. The molecule has 54 heavy (non-hydrogen) atoms. The Hall–Kier alpha value is -7.16. The van der Waals surface area contributed by atoms with Crippen LogP contribution in [0.15, 0.2) is 220 Å². The Morgan fingerprint density at radius 3 is 0.926 bits per heavy atom. The fourth-order valence-electron chi connectivity index (χ4n) is 7.22. The lowest BCUT2D eigenvalue weighted by Gasteiger charge is -2.20. The van der Waals surface area contributed by atoms with E-state index in [-0.39, 0.29) is 0 Å². The van der Waals surface area contributed by atoms with E-state index in [2.05, 4.69) is 193 Å². The van der Waals surface area contributed by atoms with Gasteiger partial charge in [0.1, 0.15) is 0 Å². The lowest BCUT2D eigenvalue weighted by atomic mass is 9.83. The Morgan fingerprint density at radius 2 is 0.574 bits per heavy atom. The van der Waals surface area contributed by atoms with Crippen LogP contribution in [-0.4, -0.2) is 9.97 Å². The molecule has 0 aliphatic rings. The standard InChI is InChI=1S/C48H32N2.C4H6/c1-3-7-33(8-4-1)41-19-21-43-45(31-41)47(39-15-11-35(12-16-39)37-23-27-49-28-24-37)44-22-20-42(34-9-5-2-6-10-34)32-46(44)48(43)40-17-13-36(14-18-40)38-25-29-50-30-26-38;1-3-4-2/h1-32H;3-4H,1-2H2. The zero-order chi connectivity index (χ0) is 36.7. The van der Waals surface area contributed by atoms with E-state index in [0.717, 1.165) is 11.1 Å². The third-order valence-electron chi connectivity index (χ3n) is 9.87. The first kappa shape index (κ1) is 34.0. The molecule has 0 unspecified atom stereocenters. The summed E-state index contributed by atoms with van der Waals surface area (Å²) in [7, 11) is 0. The largest absolute Gasteiger partial charge is 0.265 e. The molecule has 0 N–H and O–H groups in total. The van der Waals surface area contributed by atoms with E-state index in [0.29, 0.717) is 0 Å². The molecule has 0 bridgehead atoms. The molecule has 0 spiro atoms. The molecule has 0 radical (unpaired) electrons. The minimum absolute atomic E-state index is 1.16. The molecule has 7 aromatic carbocycles.